The first-order valence-corrected chi connectivity index (χ1v) is 10.5. The van der Waals surface area contributed by atoms with E-state index >= 15 is 0 Å². The van der Waals surface area contributed by atoms with Crippen molar-refractivity contribution >= 4 is 15.9 Å². The average molecular weight is 368 g/mol. The topological polar surface area (TPSA) is 61.9 Å². The second-order valence-corrected chi connectivity index (χ2v) is 8.74. The number of piperidine rings is 1. The number of rotatable bonds is 6. The number of anilines is 1. The van der Waals surface area contributed by atoms with Crippen molar-refractivity contribution in [1.29, 1.82) is 0 Å². The van der Waals surface area contributed by atoms with Crippen molar-refractivity contribution in [2.75, 3.05) is 38.3 Å². The second kappa shape index (κ2) is 8.03. The van der Waals surface area contributed by atoms with Gasteiger partial charge in [-0.25, -0.2) is 0 Å². The summed E-state index contributed by atoms with van der Waals surface area (Å²) in [6.45, 7) is 4.89. The third kappa shape index (κ3) is 4.53. The highest BCUT2D eigenvalue weighted by atomic mass is 32.2. The molecule has 0 aromatic heterocycles. The second-order valence-electron chi connectivity index (χ2n) is 7.09. The van der Waals surface area contributed by atoms with Gasteiger partial charge in [0.05, 0.1) is 6.61 Å². The van der Waals surface area contributed by atoms with E-state index in [4.69, 9.17) is 4.74 Å². The molecule has 1 aromatic rings. The van der Waals surface area contributed by atoms with Crippen molar-refractivity contribution in [3.8, 4) is 0 Å². The van der Waals surface area contributed by atoms with Gasteiger partial charge >= 0.3 is 0 Å². The highest BCUT2D eigenvalue weighted by Crippen LogP contribution is 2.24. The number of benzene rings is 1. The lowest BCUT2D eigenvalue weighted by Gasteiger charge is -2.35. The summed E-state index contributed by atoms with van der Waals surface area (Å²) < 4.78 is 35.1. The van der Waals surface area contributed by atoms with Crippen molar-refractivity contribution < 1.29 is 13.2 Å². The largest absolute Gasteiger partial charge is 0.383 e. The summed E-state index contributed by atoms with van der Waals surface area (Å²) in [5.41, 5.74) is 2.47. The lowest BCUT2D eigenvalue weighted by molar-refractivity contribution is 0.148. The Morgan fingerprint density at radius 3 is 2.64 bits per heavy atom. The summed E-state index contributed by atoms with van der Waals surface area (Å²) in [6, 6.07) is 8.45. The Bertz CT molecular complexity index is 672. The minimum Gasteiger partial charge on any atom is -0.383 e. The van der Waals surface area contributed by atoms with Crippen LogP contribution in [0.3, 0.4) is 0 Å². The number of ether oxygens (including phenoxy) is 1. The molecule has 7 heteroatoms. The Hall–Kier alpha value is -1.15. The molecule has 0 radical (unpaired) electrons. The van der Waals surface area contributed by atoms with Gasteiger partial charge < -0.3 is 9.64 Å². The average Bonchev–Trinajstić information content (AvgIpc) is 3.05. The smallest absolute Gasteiger partial charge is 0.280 e. The van der Waals surface area contributed by atoms with Crippen LogP contribution in [0.5, 0.6) is 0 Å². The fraction of sp³-hybridized carbons (Fsp3) is 0.667. The molecule has 1 unspecified atom stereocenters. The van der Waals surface area contributed by atoms with Crippen LogP contribution in [0.2, 0.25) is 0 Å². The summed E-state index contributed by atoms with van der Waals surface area (Å²) in [5, 5.41) is 0. The minimum atomic E-state index is -3.44. The van der Waals surface area contributed by atoms with E-state index in [1.54, 1.807) is 11.4 Å². The molecular weight excluding hydrogens is 338 g/mol. The van der Waals surface area contributed by atoms with E-state index in [2.05, 4.69) is 40.8 Å². The van der Waals surface area contributed by atoms with Gasteiger partial charge in [-0.05, 0) is 50.3 Å². The van der Waals surface area contributed by atoms with Gasteiger partial charge in [-0.15, -0.1) is 0 Å². The summed E-state index contributed by atoms with van der Waals surface area (Å²) >= 11 is 0. The predicted octanol–water partition coefficient (Wildman–Crippen LogP) is 1.91. The van der Waals surface area contributed by atoms with Crippen molar-refractivity contribution in [3.63, 3.8) is 0 Å². The molecule has 25 heavy (non-hydrogen) atoms. The zero-order valence-corrected chi connectivity index (χ0v) is 16.0. The van der Waals surface area contributed by atoms with Crippen LogP contribution in [-0.2, 0) is 14.9 Å². The molecule has 2 saturated heterocycles. The number of aryl methyl sites for hydroxylation is 1. The number of nitrogens with one attached hydrogen (secondary N) is 1. The van der Waals surface area contributed by atoms with Crippen LogP contribution in [0.4, 0.5) is 5.69 Å². The van der Waals surface area contributed by atoms with Gasteiger partial charge in [-0.2, -0.15) is 17.4 Å². The molecule has 2 fully saturated rings. The summed E-state index contributed by atoms with van der Waals surface area (Å²) in [7, 11) is -1.81. The van der Waals surface area contributed by atoms with Gasteiger partial charge in [0.1, 0.15) is 0 Å². The first kappa shape index (κ1) is 18.6. The van der Waals surface area contributed by atoms with E-state index in [0.29, 0.717) is 13.2 Å². The first-order chi connectivity index (χ1) is 12.0. The Morgan fingerprint density at radius 1 is 1.20 bits per heavy atom. The molecule has 0 aliphatic carbocycles. The standard InChI is InChI=1S/C18H29N3O3S/c1-15-5-3-6-17(13-15)20-11-8-16(9-12-20)19-25(22,23)21-10-4-7-18(21)14-24-2/h3,5-6,13,16,18-19H,4,7-12,14H2,1-2H3. The molecule has 2 aliphatic rings. The zero-order chi connectivity index (χ0) is 17.9. The van der Waals surface area contributed by atoms with Crippen LogP contribution in [0, 0.1) is 6.92 Å². The van der Waals surface area contributed by atoms with Crippen LogP contribution in [-0.4, -0.2) is 58.2 Å². The molecule has 6 nitrogen and oxygen atoms in total. The number of hydrogen-bond acceptors (Lipinski definition) is 4. The molecule has 1 N–H and O–H groups in total. The third-order valence-electron chi connectivity index (χ3n) is 5.17. The van der Waals surface area contributed by atoms with Crippen molar-refractivity contribution in [1.82, 2.24) is 9.03 Å². The Kier molecular flexibility index (Phi) is 5.99. The van der Waals surface area contributed by atoms with Crippen molar-refractivity contribution in [3.05, 3.63) is 29.8 Å². The highest BCUT2D eigenvalue weighted by molar-refractivity contribution is 7.87. The van der Waals surface area contributed by atoms with E-state index in [-0.39, 0.29) is 12.1 Å². The van der Waals surface area contributed by atoms with E-state index in [1.807, 2.05) is 0 Å². The van der Waals surface area contributed by atoms with E-state index in [9.17, 15) is 8.42 Å². The maximum absolute atomic E-state index is 12.7. The highest BCUT2D eigenvalue weighted by Gasteiger charge is 2.35. The molecule has 3 rings (SSSR count). The number of hydrogen-bond donors (Lipinski definition) is 1. The quantitative estimate of drug-likeness (QED) is 0.834. The van der Waals surface area contributed by atoms with Crippen LogP contribution in [0.1, 0.15) is 31.2 Å². The van der Waals surface area contributed by atoms with E-state index in [0.717, 1.165) is 38.8 Å². The van der Waals surface area contributed by atoms with Gasteiger partial charge in [0, 0.05) is 44.5 Å². The van der Waals surface area contributed by atoms with Gasteiger partial charge in [0.2, 0.25) is 0 Å². The molecule has 0 saturated carbocycles. The summed E-state index contributed by atoms with van der Waals surface area (Å²) in [4.78, 5) is 2.33. The fourth-order valence-electron chi connectivity index (χ4n) is 3.84. The summed E-state index contributed by atoms with van der Waals surface area (Å²) in [6.07, 6.45) is 3.44. The maximum atomic E-state index is 12.7. The molecule has 1 aromatic carbocycles. The normalized spacial score (nSPS) is 23.3. The molecule has 0 amide bonds. The van der Waals surface area contributed by atoms with Crippen molar-refractivity contribution in [2.45, 2.75) is 44.7 Å². The van der Waals surface area contributed by atoms with Gasteiger partial charge in [-0.1, -0.05) is 12.1 Å². The predicted molar refractivity (Wildman–Crippen MR) is 100 cm³/mol. The molecule has 2 aliphatic heterocycles. The maximum Gasteiger partial charge on any atom is 0.280 e. The monoisotopic (exact) mass is 367 g/mol. The minimum absolute atomic E-state index is 0.00912. The summed E-state index contributed by atoms with van der Waals surface area (Å²) in [5.74, 6) is 0. The van der Waals surface area contributed by atoms with Crippen LogP contribution in [0.25, 0.3) is 0 Å². The fourth-order valence-corrected chi connectivity index (χ4v) is 5.56. The van der Waals surface area contributed by atoms with Gasteiger partial charge in [-0.3, -0.25) is 0 Å². The van der Waals surface area contributed by atoms with Gasteiger partial charge in [0.25, 0.3) is 10.2 Å². The van der Waals surface area contributed by atoms with Crippen LogP contribution < -0.4 is 9.62 Å². The number of methoxy groups -OCH3 is 1. The van der Waals surface area contributed by atoms with Crippen molar-refractivity contribution in [2.24, 2.45) is 0 Å². The molecule has 0 bridgehead atoms. The van der Waals surface area contributed by atoms with E-state index in [1.165, 1.54) is 11.3 Å². The Labute approximate surface area is 151 Å². The van der Waals surface area contributed by atoms with Crippen LogP contribution >= 0.6 is 0 Å². The lowest BCUT2D eigenvalue weighted by Crippen LogP contribution is -2.51. The Morgan fingerprint density at radius 2 is 1.96 bits per heavy atom. The molecule has 1 atom stereocenters. The third-order valence-corrected chi connectivity index (χ3v) is 6.90. The Balaban J connectivity index is 1.56. The van der Waals surface area contributed by atoms with E-state index < -0.39 is 10.2 Å². The SMILES string of the molecule is COCC1CCCN1S(=O)(=O)NC1CCN(c2cccc(C)c2)CC1. The molecule has 0 spiro atoms. The molecular formula is C18H29N3O3S. The molecule has 140 valence electrons. The lowest BCUT2D eigenvalue weighted by atomic mass is 10.1. The number of nitrogens with zero attached hydrogens (tertiary/aromatic N) is 2. The molecule has 2 heterocycles. The zero-order valence-electron chi connectivity index (χ0n) is 15.1. The van der Waals surface area contributed by atoms with Crippen LogP contribution in [0.15, 0.2) is 24.3 Å². The first-order valence-electron chi connectivity index (χ1n) is 9.09. The van der Waals surface area contributed by atoms with Gasteiger partial charge in [0.15, 0.2) is 0 Å².